The fourth-order valence-electron chi connectivity index (χ4n) is 1.73. The van der Waals surface area contributed by atoms with Crippen LogP contribution in [0.1, 0.15) is 28.7 Å². The summed E-state index contributed by atoms with van der Waals surface area (Å²) in [7, 11) is 0. The number of halogens is 1. The minimum Gasteiger partial charge on any atom is -0.461 e. The van der Waals surface area contributed by atoms with E-state index in [9.17, 15) is 4.79 Å². The molecule has 0 aliphatic rings. The predicted octanol–water partition coefficient (Wildman–Crippen LogP) is 2.71. The van der Waals surface area contributed by atoms with E-state index in [-0.39, 0.29) is 5.69 Å². The average Bonchev–Trinajstić information content (AvgIpc) is 2.72. The van der Waals surface area contributed by atoms with Crippen molar-refractivity contribution in [3.63, 3.8) is 0 Å². The summed E-state index contributed by atoms with van der Waals surface area (Å²) in [6, 6.07) is 5.60. The number of carbonyl (C=O) groups is 1. The molecule has 2 rings (SSSR count). The zero-order chi connectivity index (χ0) is 14.0. The molecule has 0 saturated carbocycles. The van der Waals surface area contributed by atoms with E-state index in [0.717, 1.165) is 5.56 Å². The lowest BCUT2D eigenvalue weighted by atomic mass is 10.2. The zero-order valence-corrected chi connectivity index (χ0v) is 11.7. The molecule has 0 amide bonds. The first-order valence-corrected chi connectivity index (χ1v) is 6.28. The van der Waals surface area contributed by atoms with Gasteiger partial charge in [-0.05, 0) is 38.5 Å². The van der Waals surface area contributed by atoms with Crippen molar-refractivity contribution >= 4 is 17.6 Å². The molecule has 6 heteroatoms. The summed E-state index contributed by atoms with van der Waals surface area (Å²) in [5, 5.41) is 8.37. The van der Waals surface area contributed by atoms with Gasteiger partial charge in [0.25, 0.3) is 0 Å². The van der Waals surface area contributed by atoms with E-state index in [1.807, 2.05) is 25.1 Å². The molecule has 2 aromatic rings. The third-order valence-electron chi connectivity index (χ3n) is 2.69. The summed E-state index contributed by atoms with van der Waals surface area (Å²) < 4.78 is 6.46. The molecule has 0 bridgehead atoms. The maximum atomic E-state index is 11.7. The Morgan fingerprint density at radius 3 is 2.79 bits per heavy atom. The van der Waals surface area contributed by atoms with Crippen molar-refractivity contribution in [2.45, 2.75) is 20.8 Å². The van der Waals surface area contributed by atoms with Crippen LogP contribution in [-0.4, -0.2) is 27.6 Å². The lowest BCUT2D eigenvalue weighted by Crippen LogP contribution is -2.08. The number of nitrogens with zero attached hydrogens (tertiary/aromatic N) is 3. The first-order valence-electron chi connectivity index (χ1n) is 5.90. The molecule has 1 aromatic carbocycles. The van der Waals surface area contributed by atoms with Crippen LogP contribution in [-0.2, 0) is 4.74 Å². The molecular weight excluding hydrogens is 266 g/mol. The maximum Gasteiger partial charge on any atom is 0.360 e. The van der Waals surface area contributed by atoms with E-state index in [2.05, 4.69) is 10.3 Å². The fraction of sp³-hybridized carbons (Fsp3) is 0.308. The van der Waals surface area contributed by atoms with E-state index in [1.165, 1.54) is 4.68 Å². The van der Waals surface area contributed by atoms with Crippen molar-refractivity contribution in [3.8, 4) is 5.69 Å². The number of aromatic nitrogens is 3. The van der Waals surface area contributed by atoms with Crippen LogP contribution in [0.2, 0.25) is 5.02 Å². The summed E-state index contributed by atoms with van der Waals surface area (Å²) >= 11 is 6.18. The van der Waals surface area contributed by atoms with Crippen molar-refractivity contribution in [1.82, 2.24) is 15.0 Å². The van der Waals surface area contributed by atoms with E-state index in [1.54, 1.807) is 13.8 Å². The van der Waals surface area contributed by atoms with Crippen LogP contribution in [0.4, 0.5) is 0 Å². The van der Waals surface area contributed by atoms with Gasteiger partial charge in [0.15, 0.2) is 5.69 Å². The summed E-state index contributed by atoms with van der Waals surface area (Å²) in [6.45, 7) is 5.75. The molecule has 0 aliphatic carbocycles. The average molecular weight is 280 g/mol. The van der Waals surface area contributed by atoms with Crippen molar-refractivity contribution in [1.29, 1.82) is 0 Å². The van der Waals surface area contributed by atoms with Gasteiger partial charge in [0.2, 0.25) is 0 Å². The van der Waals surface area contributed by atoms with E-state index in [4.69, 9.17) is 16.3 Å². The molecule has 0 aliphatic heterocycles. The molecule has 0 atom stereocenters. The van der Waals surface area contributed by atoms with Crippen LogP contribution in [0.15, 0.2) is 18.2 Å². The molecule has 0 radical (unpaired) electrons. The Morgan fingerprint density at radius 2 is 2.16 bits per heavy atom. The van der Waals surface area contributed by atoms with Gasteiger partial charge in [-0.3, -0.25) is 0 Å². The van der Waals surface area contributed by atoms with Gasteiger partial charge >= 0.3 is 5.97 Å². The smallest absolute Gasteiger partial charge is 0.360 e. The van der Waals surface area contributed by atoms with Gasteiger partial charge in [-0.2, -0.15) is 0 Å². The first-order chi connectivity index (χ1) is 9.04. The summed E-state index contributed by atoms with van der Waals surface area (Å²) in [6.07, 6.45) is 0. The second kappa shape index (κ2) is 5.40. The minimum atomic E-state index is -0.477. The number of hydrogen-bond acceptors (Lipinski definition) is 4. The van der Waals surface area contributed by atoms with E-state index >= 15 is 0 Å². The number of hydrogen-bond donors (Lipinski definition) is 0. The van der Waals surface area contributed by atoms with Crippen molar-refractivity contribution in [2.24, 2.45) is 0 Å². The van der Waals surface area contributed by atoms with E-state index in [0.29, 0.717) is 23.0 Å². The second-order valence-corrected chi connectivity index (χ2v) is 4.52. The minimum absolute atomic E-state index is 0.207. The summed E-state index contributed by atoms with van der Waals surface area (Å²) in [5.74, 6) is -0.477. The number of benzene rings is 1. The topological polar surface area (TPSA) is 57.0 Å². The molecule has 0 fully saturated rings. The van der Waals surface area contributed by atoms with Crippen LogP contribution < -0.4 is 0 Å². The van der Waals surface area contributed by atoms with E-state index < -0.39 is 5.97 Å². The quantitative estimate of drug-likeness (QED) is 0.811. The molecule has 1 aromatic heterocycles. The maximum absolute atomic E-state index is 11.7. The van der Waals surface area contributed by atoms with Crippen LogP contribution in [0.5, 0.6) is 0 Å². The van der Waals surface area contributed by atoms with Gasteiger partial charge in [-0.15, -0.1) is 5.10 Å². The Bertz CT molecular complexity index is 622. The normalized spacial score (nSPS) is 10.5. The van der Waals surface area contributed by atoms with Crippen LogP contribution >= 0.6 is 11.6 Å². The Balaban J connectivity index is 2.44. The van der Waals surface area contributed by atoms with Gasteiger partial charge in [0, 0.05) is 0 Å². The zero-order valence-electron chi connectivity index (χ0n) is 11.0. The Labute approximate surface area is 116 Å². The highest BCUT2D eigenvalue weighted by Gasteiger charge is 2.19. The van der Waals surface area contributed by atoms with Crippen molar-refractivity contribution < 1.29 is 9.53 Å². The first kappa shape index (κ1) is 13.5. The number of esters is 1. The van der Waals surface area contributed by atoms with Crippen LogP contribution in [0, 0.1) is 13.8 Å². The number of aryl methyl sites for hydroxylation is 1. The number of rotatable bonds is 3. The number of ether oxygens (including phenoxy) is 1. The molecule has 0 saturated heterocycles. The van der Waals surface area contributed by atoms with Crippen LogP contribution in [0.25, 0.3) is 5.69 Å². The van der Waals surface area contributed by atoms with Gasteiger partial charge in [-0.25, -0.2) is 9.48 Å². The molecule has 1 heterocycles. The molecule has 0 spiro atoms. The molecule has 0 unspecified atom stereocenters. The Kier molecular flexibility index (Phi) is 3.85. The highest BCUT2D eigenvalue weighted by atomic mass is 35.5. The highest BCUT2D eigenvalue weighted by Crippen LogP contribution is 2.23. The SMILES string of the molecule is CCOC(=O)c1nnn(-c2ccc(C)cc2Cl)c1C. The third-order valence-corrected chi connectivity index (χ3v) is 3.00. The van der Waals surface area contributed by atoms with Crippen molar-refractivity contribution in [2.75, 3.05) is 6.61 Å². The highest BCUT2D eigenvalue weighted by molar-refractivity contribution is 6.32. The van der Waals surface area contributed by atoms with Gasteiger partial charge in [0.05, 0.1) is 23.0 Å². The van der Waals surface area contributed by atoms with Crippen molar-refractivity contribution in [3.05, 3.63) is 40.2 Å². The molecule has 19 heavy (non-hydrogen) atoms. The van der Waals surface area contributed by atoms with Gasteiger partial charge < -0.3 is 4.74 Å². The summed E-state index contributed by atoms with van der Waals surface area (Å²) in [4.78, 5) is 11.7. The third kappa shape index (κ3) is 2.61. The largest absolute Gasteiger partial charge is 0.461 e. The molecule has 0 N–H and O–H groups in total. The number of carbonyl (C=O) groups excluding carboxylic acids is 1. The molecule has 5 nitrogen and oxygen atoms in total. The van der Waals surface area contributed by atoms with Crippen LogP contribution in [0.3, 0.4) is 0 Å². The standard InChI is InChI=1S/C13H14ClN3O2/c1-4-19-13(18)12-9(3)17(16-15-12)11-6-5-8(2)7-10(11)14/h5-7H,4H2,1-3H3. The van der Waals surface area contributed by atoms with Gasteiger partial charge in [0.1, 0.15) is 0 Å². The summed E-state index contributed by atoms with van der Waals surface area (Å²) in [5.41, 5.74) is 2.55. The molecular formula is C13H14ClN3O2. The lowest BCUT2D eigenvalue weighted by Gasteiger charge is -2.06. The monoisotopic (exact) mass is 279 g/mol. The Hall–Kier alpha value is -1.88. The Morgan fingerprint density at radius 1 is 1.42 bits per heavy atom. The van der Waals surface area contributed by atoms with Gasteiger partial charge in [-0.1, -0.05) is 22.9 Å². The lowest BCUT2D eigenvalue weighted by molar-refractivity contribution is 0.0518. The fourth-order valence-corrected chi connectivity index (χ4v) is 2.04. The second-order valence-electron chi connectivity index (χ2n) is 4.11. The molecule has 100 valence electrons. The predicted molar refractivity (Wildman–Crippen MR) is 71.8 cm³/mol.